The summed E-state index contributed by atoms with van der Waals surface area (Å²) in [4.78, 5) is 11.9. The predicted molar refractivity (Wildman–Crippen MR) is 73.3 cm³/mol. The lowest BCUT2D eigenvalue weighted by Gasteiger charge is -2.34. The number of amides is 1. The van der Waals surface area contributed by atoms with Gasteiger partial charge in [-0.25, -0.2) is 0 Å². The molecular weight excluding hydrogens is 228 g/mol. The monoisotopic (exact) mass is 256 g/mol. The molecule has 0 spiro atoms. The van der Waals surface area contributed by atoms with Crippen molar-refractivity contribution in [3.63, 3.8) is 0 Å². The average Bonchev–Trinajstić information content (AvgIpc) is 2.70. The van der Waals surface area contributed by atoms with Crippen LogP contribution in [0, 0.1) is 5.92 Å². The van der Waals surface area contributed by atoms with Gasteiger partial charge in [0.2, 0.25) is 5.91 Å². The fourth-order valence-corrected chi connectivity index (χ4v) is 2.91. The minimum absolute atomic E-state index is 0.192. The highest BCUT2D eigenvalue weighted by Crippen LogP contribution is 2.38. The maximum absolute atomic E-state index is 11.9. The second-order valence-electron chi connectivity index (χ2n) is 5.56. The van der Waals surface area contributed by atoms with E-state index in [9.17, 15) is 4.79 Å². The molecule has 1 amide bonds. The summed E-state index contributed by atoms with van der Waals surface area (Å²) in [5, 5.41) is 3.40. The molecule has 0 radical (unpaired) electrons. The van der Waals surface area contributed by atoms with Gasteiger partial charge in [0, 0.05) is 6.61 Å². The number of primary amides is 1. The summed E-state index contributed by atoms with van der Waals surface area (Å²) in [5.74, 6) is 0.128. The van der Waals surface area contributed by atoms with Crippen LogP contribution in [0.2, 0.25) is 0 Å². The van der Waals surface area contributed by atoms with Crippen molar-refractivity contribution in [3.8, 4) is 0 Å². The first-order valence-corrected chi connectivity index (χ1v) is 7.19. The Morgan fingerprint density at radius 3 is 2.83 bits per heavy atom. The van der Waals surface area contributed by atoms with E-state index in [0.29, 0.717) is 12.5 Å². The molecule has 18 heavy (non-hydrogen) atoms. The SMILES string of the molecule is CCCNC1(C(N)=O)CCCC1CCOC(C)C. The molecule has 2 atom stereocenters. The van der Waals surface area contributed by atoms with Crippen LogP contribution in [0.1, 0.15) is 52.9 Å². The van der Waals surface area contributed by atoms with Gasteiger partial charge in [-0.15, -0.1) is 0 Å². The lowest BCUT2D eigenvalue weighted by molar-refractivity contribution is -0.126. The Hall–Kier alpha value is -0.610. The summed E-state index contributed by atoms with van der Waals surface area (Å²) in [6.45, 7) is 7.74. The first-order valence-electron chi connectivity index (χ1n) is 7.19. The number of nitrogens with two attached hydrogens (primary N) is 1. The van der Waals surface area contributed by atoms with Crippen molar-refractivity contribution >= 4 is 5.91 Å². The minimum atomic E-state index is -0.490. The summed E-state index contributed by atoms with van der Waals surface area (Å²) in [5.41, 5.74) is 5.16. The molecule has 4 nitrogen and oxygen atoms in total. The third-order valence-corrected chi connectivity index (χ3v) is 3.87. The van der Waals surface area contributed by atoms with Crippen LogP contribution in [0.15, 0.2) is 0 Å². The number of carbonyl (C=O) groups excluding carboxylic acids is 1. The molecule has 1 aliphatic carbocycles. The highest BCUT2D eigenvalue weighted by molar-refractivity contribution is 5.85. The molecule has 0 aliphatic heterocycles. The summed E-state index contributed by atoms with van der Waals surface area (Å²) in [7, 11) is 0. The second-order valence-corrected chi connectivity index (χ2v) is 5.56. The highest BCUT2D eigenvalue weighted by atomic mass is 16.5. The third kappa shape index (κ3) is 3.69. The summed E-state index contributed by atoms with van der Waals surface area (Å²) >= 11 is 0. The molecule has 3 N–H and O–H groups in total. The molecule has 1 fully saturated rings. The van der Waals surface area contributed by atoms with Crippen molar-refractivity contribution in [1.29, 1.82) is 0 Å². The molecule has 0 bridgehead atoms. The van der Waals surface area contributed by atoms with Crippen LogP contribution in [0.3, 0.4) is 0 Å². The number of ether oxygens (including phenoxy) is 1. The summed E-state index contributed by atoms with van der Waals surface area (Å²) in [6, 6.07) is 0. The zero-order valence-electron chi connectivity index (χ0n) is 12.0. The van der Waals surface area contributed by atoms with Gasteiger partial charge in [0.05, 0.1) is 6.10 Å². The molecule has 106 valence electrons. The molecule has 1 saturated carbocycles. The maximum atomic E-state index is 11.9. The lowest BCUT2D eigenvalue weighted by Crippen LogP contribution is -2.58. The van der Waals surface area contributed by atoms with Crippen LogP contribution >= 0.6 is 0 Å². The maximum Gasteiger partial charge on any atom is 0.238 e. The highest BCUT2D eigenvalue weighted by Gasteiger charge is 2.46. The van der Waals surface area contributed by atoms with Gasteiger partial charge >= 0.3 is 0 Å². The second kappa shape index (κ2) is 7.10. The molecule has 2 unspecified atom stereocenters. The Kier molecular flexibility index (Phi) is 6.09. The number of carbonyl (C=O) groups is 1. The van der Waals surface area contributed by atoms with Crippen LogP contribution < -0.4 is 11.1 Å². The fourth-order valence-electron chi connectivity index (χ4n) is 2.91. The molecule has 0 aromatic rings. The largest absolute Gasteiger partial charge is 0.379 e. The van der Waals surface area contributed by atoms with E-state index < -0.39 is 5.54 Å². The van der Waals surface area contributed by atoms with Crippen molar-refractivity contribution in [2.24, 2.45) is 11.7 Å². The van der Waals surface area contributed by atoms with Crippen LogP contribution in [0.25, 0.3) is 0 Å². The summed E-state index contributed by atoms with van der Waals surface area (Å²) in [6.07, 6.45) is 5.20. The molecular formula is C14H28N2O2. The van der Waals surface area contributed by atoms with Gasteiger partial charge in [-0.3, -0.25) is 4.79 Å². The zero-order valence-corrected chi connectivity index (χ0v) is 12.0. The van der Waals surface area contributed by atoms with Crippen molar-refractivity contribution in [3.05, 3.63) is 0 Å². The number of hydrogen-bond donors (Lipinski definition) is 2. The van der Waals surface area contributed by atoms with Crippen LogP contribution in [-0.4, -0.2) is 30.7 Å². The normalized spacial score (nSPS) is 27.9. The predicted octanol–water partition coefficient (Wildman–Crippen LogP) is 1.83. The van der Waals surface area contributed by atoms with Gasteiger partial charge < -0.3 is 15.8 Å². The topological polar surface area (TPSA) is 64.3 Å². The van der Waals surface area contributed by atoms with Crippen molar-refractivity contribution in [2.75, 3.05) is 13.2 Å². The number of hydrogen-bond acceptors (Lipinski definition) is 3. The quantitative estimate of drug-likeness (QED) is 0.696. The van der Waals surface area contributed by atoms with E-state index in [1.165, 1.54) is 0 Å². The van der Waals surface area contributed by atoms with E-state index in [1.807, 2.05) is 13.8 Å². The molecule has 1 aliphatic rings. The van der Waals surface area contributed by atoms with Crippen molar-refractivity contribution in [1.82, 2.24) is 5.32 Å². The fraction of sp³-hybridized carbons (Fsp3) is 0.929. The van der Waals surface area contributed by atoms with Gasteiger partial charge in [0.1, 0.15) is 5.54 Å². The minimum Gasteiger partial charge on any atom is -0.379 e. The van der Waals surface area contributed by atoms with E-state index in [1.54, 1.807) is 0 Å². The van der Waals surface area contributed by atoms with E-state index in [-0.39, 0.29) is 12.0 Å². The van der Waals surface area contributed by atoms with Gasteiger partial charge in [-0.05, 0) is 52.0 Å². The van der Waals surface area contributed by atoms with Gasteiger partial charge in [0.15, 0.2) is 0 Å². The molecule has 0 aromatic carbocycles. The summed E-state index contributed by atoms with van der Waals surface area (Å²) < 4.78 is 5.60. The van der Waals surface area contributed by atoms with Crippen molar-refractivity contribution in [2.45, 2.75) is 64.5 Å². The Labute approximate surface area is 111 Å². The van der Waals surface area contributed by atoms with E-state index in [4.69, 9.17) is 10.5 Å². The number of nitrogens with one attached hydrogen (secondary N) is 1. The van der Waals surface area contributed by atoms with Crippen LogP contribution in [0.5, 0.6) is 0 Å². The van der Waals surface area contributed by atoms with Crippen LogP contribution in [0.4, 0.5) is 0 Å². The third-order valence-electron chi connectivity index (χ3n) is 3.87. The number of rotatable bonds is 8. The first-order chi connectivity index (χ1) is 8.53. The molecule has 0 saturated heterocycles. The van der Waals surface area contributed by atoms with Gasteiger partial charge in [0.25, 0.3) is 0 Å². The van der Waals surface area contributed by atoms with E-state index >= 15 is 0 Å². The van der Waals surface area contributed by atoms with Crippen molar-refractivity contribution < 1.29 is 9.53 Å². The van der Waals surface area contributed by atoms with Gasteiger partial charge in [-0.2, -0.15) is 0 Å². The Bertz CT molecular complexity index is 269. The van der Waals surface area contributed by atoms with Gasteiger partial charge in [-0.1, -0.05) is 13.3 Å². The molecule has 4 heteroatoms. The smallest absolute Gasteiger partial charge is 0.238 e. The van der Waals surface area contributed by atoms with E-state index in [0.717, 1.165) is 38.6 Å². The Morgan fingerprint density at radius 1 is 1.56 bits per heavy atom. The molecule has 0 heterocycles. The molecule has 0 aromatic heterocycles. The lowest BCUT2D eigenvalue weighted by atomic mass is 9.84. The van der Waals surface area contributed by atoms with Crippen LogP contribution in [-0.2, 0) is 9.53 Å². The average molecular weight is 256 g/mol. The molecule has 1 rings (SSSR count). The first kappa shape index (κ1) is 15.4. The van der Waals surface area contributed by atoms with E-state index in [2.05, 4.69) is 12.2 Å². The zero-order chi connectivity index (χ0) is 13.6. The standard InChI is InChI=1S/C14H28N2O2/c1-4-9-16-14(13(15)17)8-5-6-12(14)7-10-18-11(2)3/h11-12,16H,4-10H2,1-3H3,(H2,15,17). The Balaban J connectivity index is 2.59. The Morgan fingerprint density at radius 2 is 2.28 bits per heavy atom.